The molecular weight excluding hydrogens is 282 g/mol. The molecule has 1 aromatic rings. The fourth-order valence-corrected chi connectivity index (χ4v) is 2.57. The van der Waals surface area contributed by atoms with Gasteiger partial charge >= 0.3 is 0 Å². The second-order valence-corrected chi connectivity index (χ2v) is 5.35. The minimum atomic E-state index is -0.628. The molecule has 0 aromatic heterocycles. The summed E-state index contributed by atoms with van der Waals surface area (Å²) in [5, 5.41) is 10.1. The van der Waals surface area contributed by atoms with Crippen molar-refractivity contribution in [1.82, 2.24) is 4.90 Å². The Morgan fingerprint density at radius 3 is 2.55 bits per heavy atom. The quantitative estimate of drug-likeness (QED) is 0.647. The molecule has 2 rings (SSSR count). The summed E-state index contributed by atoms with van der Waals surface area (Å²) >= 11 is 0. The van der Waals surface area contributed by atoms with Gasteiger partial charge in [-0.2, -0.15) is 0 Å². The summed E-state index contributed by atoms with van der Waals surface area (Å²) in [6.07, 6.45) is 0.554. The standard InChI is InChI=1S/C17H21NO4/c1-4-22-9-5-8-18-16(20)14(15(19)17(18)21)13-7-6-11(2)10-12(13)3/h6-7,10,19H,4-5,8-9H2,1-3H3. The summed E-state index contributed by atoms with van der Waals surface area (Å²) in [5.74, 6) is -1.53. The first-order chi connectivity index (χ1) is 10.5. The van der Waals surface area contributed by atoms with Gasteiger partial charge in [-0.25, -0.2) is 0 Å². The number of aryl methyl sites for hydroxylation is 2. The van der Waals surface area contributed by atoms with Crippen molar-refractivity contribution in [2.24, 2.45) is 0 Å². The van der Waals surface area contributed by atoms with Crippen LogP contribution in [0.3, 0.4) is 0 Å². The molecule has 0 saturated carbocycles. The highest BCUT2D eigenvalue weighted by Gasteiger charge is 2.39. The van der Waals surface area contributed by atoms with Crippen molar-refractivity contribution in [2.75, 3.05) is 19.8 Å². The van der Waals surface area contributed by atoms with Crippen LogP contribution in [0.1, 0.15) is 30.0 Å². The van der Waals surface area contributed by atoms with Crippen LogP contribution in [-0.2, 0) is 14.3 Å². The first-order valence-corrected chi connectivity index (χ1v) is 7.42. The van der Waals surface area contributed by atoms with Crippen molar-refractivity contribution in [2.45, 2.75) is 27.2 Å². The second kappa shape index (κ2) is 6.75. The molecule has 0 atom stereocenters. The van der Waals surface area contributed by atoms with Gasteiger partial charge in [0.25, 0.3) is 11.8 Å². The fraction of sp³-hybridized carbons (Fsp3) is 0.412. The molecule has 0 bridgehead atoms. The Hall–Kier alpha value is -2.14. The van der Waals surface area contributed by atoms with Crippen LogP contribution >= 0.6 is 0 Å². The maximum Gasteiger partial charge on any atom is 0.296 e. The molecule has 5 nitrogen and oxygen atoms in total. The van der Waals surface area contributed by atoms with Crippen LogP contribution in [0.25, 0.3) is 5.57 Å². The molecule has 1 heterocycles. The Labute approximate surface area is 130 Å². The molecule has 1 aromatic carbocycles. The van der Waals surface area contributed by atoms with E-state index >= 15 is 0 Å². The number of carbonyl (C=O) groups excluding carboxylic acids is 2. The average molecular weight is 303 g/mol. The molecule has 1 aliphatic heterocycles. The van der Waals surface area contributed by atoms with Gasteiger partial charge in [0.05, 0.1) is 5.57 Å². The van der Waals surface area contributed by atoms with E-state index in [4.69, 9.17) is 4.74 Å². The number of aliphatic hydroxyl groups excluding tert-OH is 1. The molecule has 0 unspecified atom stereocenters. The Balaban J connectivity index is 2.22. The van der Waals surface area contributed by atoms with Gasteiger partial charge in [0.2, 0.25) is 0 Å². The molecule has 1 N–H and O–H groups in total. The van der Waals surface area contributed by atoms with E-state index in [1.165, 1.54) is 0 Å². The molecule has 0 fully saturated rings. The van der Waals surface area contributed by atoms with Crippen molar-refractivity contribution in [3.8, 4) is 0 Å². The molecule has 118 valence electrons. The smallest absolute Gasteiger partial charge is 0.296 e. The van der Waals surface area contributed by atoms with Crippen LogP contribution in [-0.4, -0.2) is 41.6 Å². The summed E-state index contributed by atoms with van der Waals surface area (Å²) < 4.78 is 5.21. The Kier molecular flexibility index (Phi) is 4.98. The van der Waals surface area contributed by atoms with Crippen molar-refractivity contribution in [3.05, 3.63) is 40.6 Å². The van der Waals surface area contributed by atoms with Crippen LogP contribution in [0, 0.1) is 13.8 Å². The normalized spacial score (nSPS) is 15.1. The largest absolute Gasteiger partial charge is 0.502 e. The maximum atomic E-state index is 12.5. The topological polar surface area (TPSA) is 66.8 Å². The molecule has 5 heteroatoms. The molecule has 22 heavy (non-hydrogen) atoms. The van der Waals surface area contributed by atoms with Gasteiger partial charge in [-0.15, -0.1) is 0 Å². The van der Waals surface area contributed by atoms with E-state index in [0.717, 1.165) is 16.0 Å². The number of amides is 2. The predicted octanol–water partition coefficient (Wildman–Crippen LogP) is 2.37. The Bertz CT molecular complexity index is 634. The monoisotopic (exact) mass is 303 g/mol. The summed E-state index contributed by atoms with van der Waals surface area (Å²) in [4.78, 5) is 25.7. The van der Waals surface area contributed by atoms with Crippen molar-refractivity contribution < 1.29 is 19.4 Å². The summed E-state index contributed by atoms with van der Waals surface area (Å²) in [6.45, 7) is 7.02. The van der Waals surface area contributed by atoms with Crippen LogP contribution < -0.4 is 0 Å². The van der Waals surface area contributed by atoms with E-state index in [9.17, 15) is 14.7 Å². The molecule has 0 saturated heterocycles. The van der Waals surface area contributed by atoms with Gasteiger partial charge in [0, 0.05) is 19.8 Å². The van der Waals surface area contributed by atoms with Gasteiger partial charge in [-0.05, 0) is 38.3 Å². The fourth-order valence-electron chi connectivity index (χ4n) is 2.57. The van der Waals surface area contributed by atoms with E-state index < -0.39 is 17.6 Å². The molecule has 0 radical (unpaired) electrons. The molecule has 0 aliphatic carbocycles. The Morgan fingerprint density at radius 2 is 1.91 bits per heavy atom. The molecule has 0 spiro atoms. The van der Waals surface area contributed by atoms with Gasteiger partial charge < -0.3 is 9.84 Å². The minimum absolute atomic E-state index is 0.0962. The number of aliphatic hydroxyl groups is 1. The van der Waals surface area contributed by atoms with Crippen LogP contribution in [0.4, 0.5) is 0 Å². The van der Waals surface area contributed by atoms with Gasteiger partial charge in [0.15, 0.2) is 5.76 Å². The number of nitrogens with zero attached hydrogens (tertiary/aromatic N) is 1. The first-order valence-electron chi connectivity index (χ1n) is 7.42. The number of benzene rings is 1. The van der Waals surface area contributed by atoms with Crippen molar-refractivity contribution in [3.63, 3.8) is 0 Å². The highest BCUT2D eigenvalue weighted by atomic mass is 16.5. The van der Waals surface area contributed by atoms with Crippen LogP contribution in [0.2, 0.25) is 0 Å². The van der Waals surface area contributed by atoms with Gasteiger partial charge in [-0.3, -0.25) is 14.5 Å². The highest BCUT2D eigenvalue weighted by molar-refractivity contribution is 6.35. The number of imide groups is 1. The lowest BCUT2D eigenvalue weighted by Crippen LogP contribution is -2.33. The van der Waals surface area contributed by atoms with E-state index in [0.29, 0.717) is 25.2 Å². The van der Waals surface area contributed by atoms with E-state index in [2.05, 4.69) is 0 Å². The van der Waals surface area contributed by atoms with Gasteiger partial charge in [0.1, 0.15) is 0 Å². The molecule has 1 aliphatic rings. The summed E-state index contributed by atoms with van der Waals surface area (Å²) in [7, 11) is 0. The first kappa shape index (κ1) is 16.2. The van der Waals surface area contributed by atoms with Crippen molar-refractivity contribution >= 4 is 17.4 Å². The summed E-state index contributed by atoms with van der Waals surface area (Å²) in [6, 6.07) is 5.55. The number of hydrogen-bond donors (Lipinski definition) is 1. The number of rotatable bonds is 6. The van der Waals surface area contributed by atoms with Crippen LogP contribution in [0.5, 0.6) is 0 Å². The lowest BCUT2D eigenvalue weighted by molar-refractivity contribution is -0.138. The maximum absolute atomic E-state index is 12.5. The molecule has 2 amide bonds. The SMILES string of the molecule is CCOCCCN1C(=O)C(O)=C(c2ccc(C)cc2C)C1=O. The van der Waals surface area contributed by atoms with E-state index in [-0.39, 0.29) is 12.1 Å². The predicted molar refractivity (Wildman–Crippen MR) is 83.3 cm³/mol. The lowest BCUT2D eigenvalue weighted by atomic mass is 9.98. The Morgan fingerprint density at radius 1 is 1.18 bits per heavy atom. The average Bonchev–Trinajstić information content (AvgIpc) is 2.68. The second-order valence-electron chi connectivity index (χ2n) is 5.35. The lowest BCUT2D eigenvalue weighted by Gasteiger charge is -2.14. The molecular formula is C17H21NO4. The third-order valence-electron chi connectivity index (χ3n) is 3.67. The van der Waals surface area contributed by atoms with Gasteiger partial charge in [-0.1, -0.05) is 23.8 Å². The zero-order valence-corrected chi connectivity index (χ0v) is 13.2. The minimum Gasteiger partial charge on any atom is -0.502 e. The third-order valence-corrected chi connectivity index (χ3v) is 3.67. The van der Waals surface area contributed by atoms with E-state index in [1.54, 1.807) is 6.07 Å². The zero-order chi connectivity index (χ0) is 16.3. The number of hydrogen-bond acceptors (Lipinski definition) is 4. The third kappa shape index (κ3) is 3.04. The number of ether oxygens (including phenoxy) is 1. The summed E-state index contributed by atoms with van der Waals surface area (Å²) in [5.41, 5.74) is 2.62. The van der Waals surface area contributed by atoms with Crippen LogP contribution in [0.15, 0.2) is 24.0 Å². The van der Waals surface area contributed by atoms with Crippen molar-refractivity contribution in [1.29, 1.82) is 0 Å². The zero-order valence-electron chi connectivity index (χ0n) is 13.2. The van der Waals surface area contributed by atoms with E-state index in [1.807, 2.05) is 32.9 Å². The highest BCUT2D eigenvalue weighted by Crippen LogP contribution is 2.30. The number of carbonyl (C=O) groups is 2.